The number of thioether (sulfide) groups is 1. The lowest BCUT2D eigenvalue weighted by molar-refractivity contribution is -0.116. The van der Waals surface area contributed by atoms with E-state index in [0.29, 0.717) is 40.2 Å². The number of carbonyl (C=O) groups is 1. The number of phenolic OH excluding ortho intramolecular Hbond substituents is 1. The molecule has 0 bridgehead atoms. The average molecular weight is 456 g/mol. The molecule has 4 rings (SSSR count). The van der Waals surface area contributed by atoms with Crippen molar-refractivity contribution in [1.82, 2.24) is 9.55 Å². The number of hydrogen-bond donors (Lipinski definition) is 2. The molecule has 2 N–H and O–H groups in total. The van der Waals surface area contributed by atoms with Gasteiger partial charge in [-0.15, -0.1) is 0 Å². The number of halogens is 1. The zero-order chi connectivity index (χ0) is 22.8. The lowest BCUT2D eigenvalue weighted by Crippen LogP contribution is -2.33. The summed E-state index contributed by atoms with van der Waals surface area (Å²) in [5.41, 5.74) is 1.55. The van der Waals surface area contributed by atoms with Crippen molar-refractivity contribution in [2.45, 2.75) is 30.2 Å². The Balaban J connectivity index is 1.70. The maximum atomic E-state index is 13.1. The SMILES string of the molecule is CCOc1cc([C@H]2CC(=O)Nc3c2c(=O)nc(SCc2ccc(F)cc2)n3C)ccc1O. The van der Waals surface area contributed by atoms with Crippen LogP contribution in [0.2, 0.25) is 0 Å². The van der Waals surface area contributed by atoms with E-state index >= 15 is 0 Å². The number of carbonyl (C=O) groups excluding carboxylic acids is 1. The van der Waals surface area contributed by atoms with Crippen LogP contribution in [-0.4, -0.2) is 27.2 Å². The molecule has 0 saturated carbocycles. The molecule has 0 fully saturated rings. The van der Waals surface area contributed by atoms with Crippen molar-refractivity contribution in [2.24, 2.45) is 7.05 Å². The minimum Gasteiger partial charge on any atom is -0.504 e. The third-order valence-electron chi connectivity index (χ3n) is 5.27. The van der Waals surface area contributed by atoms with Gasteiger partial charge in [-0.1, -0.05) is 30.0 Å². The third-order valence-corrected chi connectivity index (χ3v) is 6.37. The van der Waals surface area contributed by atoms with Crippen molar-refractivity contribution >= 4 is 23.5 Å². The van der Waals surface area contributed by atoms with Crippen molar-refractivity contribution in [1.29, 1.82) is 0 Å². The number of phenols is 1. The van der Waals surface area contributed by atoms with Gasteiger partial charge in [0.1, 0.15) is 11.6 Å². The number of aromatic hydroxyl groups is 1. The van der Waals surface area contributed by atoms with Gasteiger partial charge in [-0.25, -0.2) is 4.39 Å². The monoisotopic (exact) mass is 455 g/mol. The first-order chi connectivity index (χ1) is 15.4. The quantitative estimate of drug-likeness (QED) is 0.434. The number of amides is 1. The average Bonchev–Trinajstić information content (AvgIpc) is 2.77. The largest absolute Gasteiger partial charge is 0.504 e. The normalized spacial score (nSPS) is 15.2. The second-order valence-corrected chi connectivity index (χ2v) is 8.34. The van der Waals surface area contributed by atoms with Crippen LogP contribution in [0.3, 0.4) is 0 Å². The minimum absolute atomic E-state index is 0.00495. The first-order valence-corrected chi connectivity index (χ1v) is 11.1. The molecule has 7 nitrogen and oxygen atoms in total. The lowest BCUT2D eigenvalue weighted by atomic mass is 9.86. The number of aromatic nitrogens is 2. The van der Waals surface area contributed by atoms with E-state index in [2.05, 4.69) is 10.3 Å². The highest BCUT2D eigenvalue weighted by Gasteiger charge is 2.32. The molecule has 2 heterocycles. The molecule has 0 aliphatic carbocycles. The molecule has 32 heavy (non-hydrogen) atoms. The van der Waals surface area contributed by atoms with Gasteiger partial charge >= 0.3 is 0 Å². The fraction of sp³-hybridized carbons (Fsp3) is 0.261. The predicted molar refractivity (Wildman–Crippen MR) is 120 cm³/mol. The molecule has 0 unspecified atom stereocenters. The smallest absolute Gasteiger partial charge is 0.279 e. The van der Waals surface area contributed by atoms with Crippen molar-refractivity contribution in [2.75, 3.05) is 11.9 Å². The molecule has 0 spiro atoms. The van der Waals surface area contributed by atoms with Gasteiger partial charge in [0.25, 0.3) is 5.56 Å². The summed E-state index contributed by atoms with van der Waals surface area (Å²) >= 11 is 1.33. The number of ether oxygens (including phenoxy) is 1. The second-order valence-electron chi connectivity index (χ2n) is 7.40. The predicted octanol–water partition coefficient (Wildman–Crippen LogP) is 3.79. The number of hydrogen-bond acceptors (Lipinski definition) is 6. The lowest BCUT2D eigenvalue weighted by Gasteiger charge is -2.27. The van der Waals surface area contributed by atoms with Crippen LogP contribution in [-0.2, 0) is 17.6 Å². The Morgan fingerprint density at radius 2 is 2.00 bits per heavy atom. The summed E-state index contributed by atoms with van der Waals surface area (Å²) in [4.78, 5) is 29.8. The molecule has 0 saturated heterocycles. The summed E-state index contributed by atoms with van der Waals surface area (Å²) in [5, 5.41) is 13.3. The Labute approximate surface area is 188 Å². The second kappa shape index (κ2) is 9.04. The van der Waals surface area contributed by atoms with E-state index in [9.17, 15) is 19.1 Å². The molecule has 1 aliphatic rings. The summed E-state index contributed by atoms with van der Waals surface area (Å²) in [6, 6.07) is 11.0. The van der Waals surface area contributed by atoms with E-state index in [0.717, 1.165) is 5.56 Å². The number of nitrogens with one attached hydrogen (secondary N) is 1. The van der Waals surface area contributed by atoms with E-state index < -0.39 is 11.5 Å². The Morgan fingerprint density at radius 1 is 1.25 bits per heavy atom. The van der Waals surface area contributed by atoms with Crippen LogP contribution < -0.4 is 15.6 Å². The Kier molecular flexibility index (Phi) is 6.18. The van der Waals surface area contributed by atoms with E-state index in [1.807, 2.05) is 0 Å². The Hall–Kier alpha value is -3.33. The molecule has 0 radical (unpaired) electrons. The topological polar surface area (TPSA) is 93.5 Å². The van der Waals surface area contributed by atoms with E-state index in [-0.39, 0.29) is 23.9 Å². The standard InChI is InChI=1S/C23H22FN3O4S/c1-3-31-18-10-14(6-9-17(18)28)16-11-19(29)25-21-20(16)22(30)26-23(27(21)2)32-12-13-4-7-15(24)8-5-13/h4-10,16,28H,3,11-12H2,1-2H3,(H,25,29)/t16-/m1/s1. The highest BCUT2D eigenvalue weighted by atomic mass is 32.2. The summed E-state index contributed by atoms with van der Waals surface area (Å²) in [7, 11) is 1.74. The maximum Gasteiger partial charge on any atom is 0.279 e. The van der Waals surface area contributed by atoms with Crippen LogP contribution >= 0.6 is 11.8 Å². The van der Waals surface area contributed by atoms with Gasteiger partial charge in [0.15, 0.2) is 16.7 Å². The van der Waals surface area contributed by atoms with Crippen LogP contribution in [0, 0.1) is 5.82 Å². The molecule has 1 aliphatic heterocycles. The van der Waals surface area contributed by atoms with Crippen molar-refractivity contribution < 1.29 is 19.0 Å². The summed E-state index contributed by atoms with van der Waals surface area (Å²) in [5.74, 6) is 0.146. The molecule has 3 aromatic rings. The van der Waals surface area contributed by atoms with Crippen LogP contribution in [0.1, 0.15) is 36.0 Å². The van der Waals surface area contributed by atoms with Crippen LogP contribution in [0.4, 0.5) is 10.2 Å². The molecule has 9 heteroatoms. The molecule has 1 atom stereocenters. The van der Waals surface area contributed by atoms with E-state index in [4.69, 9.17) is 4.74 Å². The molecule has 166 valence electrons. The van der Waals surface area contributed by atoms with Crippen LogP contribution in [0.5, 0.6) is 11.5 Å². The first-order valence-electron chi connectivity index (χ1n) is 10.1. The number of fused-ring (bicyclic) bond motifs is 1. The summed E-state index contributed by atoms with van der Waals surface area (Å²) < 4.78 is 20.3. The van der Waals surface area contributed by atoms with Crippen LogP contribution in [0.15, 0.2) is 52.4 Å². The fourth-order valence-electron chi connectivity index (χ4n) is 3.70. The number of rotatable bonds is 6. The van der Waals surface area contributed by atoms with Gasteiger partial charge in [0.2, 0.25) is 5.91 Å². The molecule has 2 aromatic carbocycles. The first kappa shape index (κ1) is 21.9. The van der Waals surface area contributed by atoms with E-state index in [1.54, 1.807) is 42.8 Å². The van der Waals surface area contributed by atoms with Gasteiger partial charge in [-0.3, -0.25) is 9.59 Å². The van der Waals surface area contributed by atoms with Crippen molar-refractivity contribution in [3.63, 3.8) is 0 Å². The third kappa shape index (κ3) is 4.34. The van der Waals surface area contributed by atoms with Gasteiger partial charge in [0.05, 0.1) is 12.2 Å². The molecule has 1 amide bonds. The highest BCUT2D eigenvalue weighted by Crippen LogP contribution is 2.39. The zero-order valence-electron chi connectivity index (χ0n) is 17.6. The number of benzene rings is 2. The summed E-state index contributed by atoms with van der Waals surface area (Å²) in [6.07, 6.45) is 0.0856. The van der Waals surface area contributed by atoms with Crippen molar-refractivity contribution in [3.8, 4) is 11.5 Å². The van der Waals surface area contributed by atoms with Gasteiger partial charge in [0, 0.05) is 25.1 Å². The van der Waals surface area contributed by atoms with E-state index in [1.165, 1.54) is 30.0 Å². The molecular weight excluding hydrogens is 433 g/mol. The molecular formula is C23H22FN3O4S. The van der Waals surface area contributed by atoms with Crippen molar-refractivity contribution in [3.05, 3.63) is 75.3 Å². The Morgan fingerprint density at radius 3 is 2.72 bits per heavy atom. The maximum absolute atomic E-state index is 13.1. The molecule has 1 aromatic heterocycles. The summed E-state index contributed by atoms with van der Waals surface area (Å²) in [6.45, 7) is 2.18. The highest BCUT2D eigenvalue weighted by molar-refractivity contribution is 7.98. The van der Waals surface area contributed by atoms with Crippen LogP contribution in [0.25, 0.3) is 0 Å². The number of nitrogens with zero attached hydrogens (tertiary/aromatic N) is 2. The van der Waals surface area contributed by atoms with Gasteiger partial charge in [-0.05, 0) is 42.3 Å². The number of anilines is 1. The minimum atomic E-state index is -0.513. The van der Waals surface area contributed by atoms with Gasteiger partial charge in [-0.2, -0.15) is 4.98 Å². The zero-order valence-corrected chi connectivity index (χ0v) is 18.4. The Bertz CT molecular complexity index is 1230. The fourth-order valence-corrected chi connectivity index (χ4v) is 4.62. The van der Waals surface area contributed by atoms with Gasteiger partial charge < -0.3 is 19.7 Å².